The van der Waals surface area contributed by atoms with E-state index in [1.165, 1.54) is 0 Å². The number of benzene rings is 1. The second kappa shape index (κ2) is 5.92. The summed E-state index contributed by atoms with van der Waals surface area (Å²) < 4.78 is 58.3. The van der Waals surface area contributed by atoms with Crippen LogP contribution in [0.15, 0.2) is 33.6 Å². The Kier molecular flexibility index (Phi) is 4.40. The number of aryl methyl sites for hydroxylation is 1. The standard InChI is InChI=1S/C13H13F2NO4S/c1-8-2-3-10(20-8)6-16-21(18,19)12-5-9(7-17)4-11(14)13(12)15/h2-5,16-17H,6-7H2,1H3. The summed E-state index contributed by atoms with van der Waals surface area (Å²) in [7, 11) is -4.27. The highest BCUT2D eigenvalue weighted by atomic mass is 32.2. The maximum Gasteiger partial charge on any atom is 0.244 e. The first-order valence-corrected chi connectivity index (χ1v) is 7.45. The highest BCUT2D eigenvalue weighted by molar-refractivity contribution is 7.89. The summed E-state index contributed by atoms with van der Waals surface area (Å²) >= 11 is 0. The first-order valence-electron chi connectivity index (χ1n) is 5.97. The van der Waals surface area contributed by atoms with Crippen LogP contribution in [-0.2, 0) is 23.2 Å². The van der Waals surface area contributed by atoms with E-state index in [2.05, 4.69) is 4.72 Å². The summed E-state index contributed by atoms with van der Waals surface area (Å²) in [5.41, 5.74) is -0.0388. The number of nitrogens with one attached hydrogen (secondary N) is 1. The van der Waals surface area contributed by atoms with Gasteiger partial charge in [-0.15, -0.1) is 0 Å². The fourth-order valence-corrected chi connectivity index (χ4v) is 2.86. The van der Waals surface area contributed by atoms with E-state index in [4.69, 9.17) is 9.52 Å². The van der Waals surface area contributed by atoms with Crippen LogP contribution in [0.5, 0.6) is 0 Å². The van der Waals surface area contributed by atoms with Gasteiger partial charge in [-0.05, 0) is 36.8 Å². The van der Waals surface area contributed by atoms with Crippen molar-refractivity contribution >= 4 is 10.0 Å². The van der Waals surface area contributed by atoms with Crippen LogP contribution < -0.4 is 4.72 Å². The van der Waals surface area contributed by atoms with Crippen molar-refractivity contribution in [3.8, 4) is 0 Å². The van der Waals surface area contributed by atoms with E-state index in [1.54, 1.807) is 19.1 Å². The summed E-state index contributed by atoms with van der Waals surface area (Å²) in [6.45, 7) is 0.898. The lowest BCUT2D eigenvalue weighted by molar-refractivity contribution is 0.280. The van der Waals surface area contributed by atoms with Crippen LogP contribution in [0.4, 0.5) is 8.78 Å². The van der Waals surface area contributed by atoms with E-state index in [1.807, 2.05) is 0 Å². The normalized spacial score (nSPS) is 11.8. The average Bonchev–Trinajstić information content (AvgIpc) is 2.85. The predicted molar refractivity (Wildman–Crippen MR) is 69.8 cm³/mol. The van der Waals surface area contributed by atoms with Gasteiger partial charge in [-0.3, -0.25) is 0 Å². The molecule has 0 spiro atoms. The van der Waals surface area contributed by atoms with Crippen molar-refractivity contribution in [2.45, 2.75) is 25.0 Å². The molecular formula is C13H13F2NO4S. The first-order chi connectivity index (χ1) is 9.83. The number of sulfonamides is 1. The van der Waals surface area contributed by atoms with Crippen LogP contribution in [0.2, 0.25) is 0 Å². The minimum absolute atomic E-state index is 0.0388. The third-order valence-electron chi connectivity index (χ3n) is 2.76. The Morgan fingerprint density at radius 2 is 2.00 bits per heavy atom. The number of furan rings is 1. The lowest BCUT2D eigenvalue weighted by Gasteiger charge is -2.09. The van der Waals surface area contributed by atoms with E-state index in [0.29, 0.717) is 11.5 Å². The molecule has 1 aromatic heterocycles. The first kappa shape index (κ1) is 15.6. The Morgan fingerprint density at radius 1 is 1.29 bits per heavy atom. The Balaban J connectivity index is 2.29. The second-order valence-electron chi connectivity index (χ2n) is 4.38. The van der Waals surface area contributed by atoms with Gasteiger partial charge in [-0.2, -0.15) is 0 Å². The topological polar surface area (TPSA) is 79.5 Å². The van der Waals surface area contributed by atoms with Crippen molar-refractivity contribution in [1.82, 2.24) is 4.72 Å². The molecule has 0 aliphatic rings. The molecule has 2 N–H and O–H groups in total. The van der Waals surface area contributed by atoms with Gasteiger partial charge >= 0.3 is 0 Å². The van der Waals surface area contributed by atoms with Crippen LogP contribution in [0.1, 0.15) is 17.1 Å². The zero-order valence-electron chi connectivity index (χ0n) is 11.1. The number of halogens is 2. The van der Waals surface area contributed by atoms with E-state index >= 15 is 0 Å². The Bertz CT molecular complexity index is 756. The lowest BCUT2D eigenvalue weighted by Crippen LogP contribution is -2.24. The molecule has 0 unspecified atom stereocenters. The van der Waals surface area contributed by atoms with Crippen LogP contribution in [0.25, 0.3) is 0 Å². The zero-order valence-corrected chi connectivity index (χ0v) is 11.9. The third kappa shape index (κ3) is 3.46. The molecule has 0 bridgehead atoms. The van der Waals surface area contributed by atoms with Gasteiger partial charge in [0.1, 0.15) is 16.4 Å². The summed E-state index contributed by atoms with van der Waals surface area (Å²) in [4.78, 5) is -0.852. The van der Waals surface area contributed by atoms with E-state index in [9.17, 15) is 17.2 Å². The van der Waals surface area contributed by atoms with Gasteiger partial charge in [-0.1, -0.05) is 0 Å². The van der Waals surface area contributed by atoms with Gasteiger partial charge in [0.15, 0.2) is 11.6 Å². The molecule has 2 aromatic rings. The molecule has 0 aliphatic heterocycles. The molecule has 0 radical (unpaired) electrons. The van der Waals surface area contributed by atoms with Crippen LogP contribution in [0.3, 0.4) is 0 Å². The molecule has 0 amide bonds. The Hall–Kier alpha value is -1.77. The SMILES string of the molecule is Cc1ccc(CNS(=O)(=O)c2cc(CO)cc(F)c2F)o1. The minimum atomic E-state index is -4.27. The molecule has 114 valence electrons. The number of hydrogen-bond acceptors (Lipinski definition) is 4. The summed E-state index contributed by atoms with van der Waals surface area (Å²) in [6, 6.07) is 4.84. The Morgan fingerprint density at radius 3 is 2.57 bits per heavy atom. The number of hydrogen-bond donors (Lipinski definition) is 2. The maximum atomic E-state index is 13.6. The molecule has 0 atom stereocenters. The largest absolute Gasteiger partial charge is 0.465 e. The van der Waals surface area contributed by atoms with E-state index in [0.717, 1.165) is 12.1 Å². The summed E-state index contributed by atoms with van der Waals surface area (Å²) in [6.07, 6.45) is 0. The van der Waals surface area contributed by atoms with E-state index in [-0.39, 0.29) is 12.1 Å². The van der Waals surface area contributed by atoms with Crippen molar-refractivity contribution in [3.63, 3.8) is 0 Å². The monoisotopic (exact) mass is 317 g/mol. The highest BCUT2D eigenvalue weighted by Gasteiger charge is 2.23. The zero-order chi connectivity index (χ0) is 15.6. The molecule has 1 aromatic carbocycles. The number of aliphatic hydroxyl groups excluding tert-OH is 1. The number of rotatable bonds is 5. The highest BCUT2D eigenvalue weighted by Crippen LogP contribution is 2.20. The van der Waals surface area contributed by atoms with E-state index < -0.39 is 33.2 Å². The molecule has 1 heterocycles. The van der Waals surface area contributed by atoms with Gasteiger partial charge < -0.3 is 9.52 Å². The molecular weight excluding hydrogens is 304 g/mol. The third-order valence-corrected chi connectivity index (χ3v) is 4.16. The van der Waals surface area contributed by atoms with Crippen LogP contribution in [0, 0.1) is 18.6 Å². The number of aliphatic hydroxyl groups is 1. The second-order valence-corrected chi connectivity index (χ2v) is 6.12. The van der Waals surface area contributed by atoms with Gasteiger partial charge in [0.2, 0.25) is 10.0 Å². The molecule has 0 aliphatic carbocycles. The van der Waals surface area contributed by atoms with Gasteiger partial charge in [0, 0.05) is 0 Å². The molecule has 8 heteroatoms. The van der Waals surface area contributed by atoms with Gasteiger partial charge in [0.05, 0.1) is 13.2 Å². The fraction of sp³-hybridized carbons (Fsp3) is 0.231. The Labute approximate surface area is 120 Å². The lowest BCUT2D eigenvalue weighted by atomic mass is 10.2. The molecule has 21 heavy (non-hydrogen) atoms. The quantitative estimate of drug-likeness (QED) is 0.882. The van der Waals surface area contributed by atoms with Gasteiger partial charge in [0.25, 0.3) is 0 Å². The van der Waals surface area contributed by atoms with Crippen molar-refractivity contribution < 1.29 is 26.7 Å². The average molecular weight is 317 g/mol. The smallest absolute Gasteiger partial charge is 0.244 e. The molecule has 0 saturated heterocycles. The maximum absolute atomic E-state index is 13.6. The molecule has 2 rings (SSSR count). The fourth-order valence-electron chi connectivity index (χ4n) is 1.73. The van der Waals surface area contributed by atoms with Gasteiger partial charge in [-0.25, -0.2) is 21.9 Å². The van der Waals surface area contributed by atoms with Crippen molar-refractivity contribution in [1.29, 1.82) is 0 Å². The van der Waals surface area contributed by atoms with Crippen LogP contribution >= 0.6 is 0 Å². The summed E-state index contributed by atoms with van der Waals surface area (Å²) in [5.74, 6) is -1.88. The van der Waals surface area contributed by atoms with Crippen molar-refractivity contribution in [2.75, 3.05) is 0 Å². The van der Waals surface area contributed by atoms with Crippen molar-refractivity contribution in [3.05, 3.63) is 53.0 Å². The predicted octanol–water partition coefficient (Wildman–Crippen LogP) is 1.84. The summed E-state index contributed by atoms with van der Waals surface area (Å²) in [5, 5.41) is 8.93. The molecule has 5 nitrogen and oxygen atoms in total. The molecule has 0 fully saturated rings. The van der Waals surface area contributed by atoms with Crippen LogP contribution in [-0.4, -0.2) is 13.5 Å². The minimum Gasteiger partial charge on any atom is -0.465 e. The molecule has 0 saturated carbocycles. The van der Waals surface area contributed by atoms with Crippen molar-refractivity contribution in [2.24, 2.45) is 0 Å².